The highest BCUT2D eigenvalue weighted by atomic mass is 32.2. The number of ether oxygens (including phenoxy) is 1. The zero-order valence-electron chi connectivity index (χ0n) is 22.1. The zero-order chi connectivity index (χ0) is 26.5. The topological polar surface area (TPSA) is 74.2 Å². The van der Waals surface area contributed by atoms with Crippen LogP contribution in [0.15, 0.2) is 70.2 Å². The number of amidine groups is 1. The van der Waals surface area contributed by atoms with Crippen molar-refractivity contribution in [1.82, 2.24) is 15.1 Å². The fourth-order valence-corrected chi connectivity index (χ4v) is 5.40. The van der Waals surface area contributed by atoms with Crippen molar-refractivity contribution in [3.8, 4) is 0 Å². The Labute approximate surface area is 223 Å². The van der Waals surface area contributed by atoms with Gasteiger partial charge in [0.1, 0.15) is 0 Å². The molecule has 0 radical (unpaired) electrons. The van der Waals surface area contributed by atoms with Crippen LogP contribution >= 0.6 is 11.8 Å². The van der Waals surface area contributed by atoms with E-state index in [0.717, 1.165) is 39.7 Å². The van der Waals surface area contributed by atoms with E-state index in [4.69, 9.17) is 9.73 Å². The fourth-order valence-electron chi connectivity index (χ4n) is 4.48. The van der Waals surface area contributed by atoms with Gasteiger partial charge in [-0.25, -0.2) is 9.79 Å². The van der Waals surface area contributed by atoms with Crippen LogP contribution in [0, 0.1) is 13.8 Å². The average molecular weight is 519 g/mol. The molecule has 194 valence electrons. The summed E-state index contributed by atoms with van der Waals surface area (Å²) < 4.78 is 5.59. The Bertz CT molecular complexity index is 1270. The molecular weight excluding hydrogens is 484 g/mol. The maximum absolute atomic E-state index is 13.6. The number of rotatable bonds is 9. The van der Waals surface area contributed by atoms with Crippen molar-refractivity contribution < 1.29 is 14.3 Å². The molecule has 1 unspecified atom stereocenters. The number of aliphatic imine (C=N–C) groups is 1. The van der Waals surface area contributed by atoms with Crippen LogP contribution < -0.4 is 5.32 Å². The molecule has 37 heavy (non-hydrogen) atoms. The summed E-state index contributed by atoms with van der Waals surface area (Å²) in [6.07, 6.45) is 0.192. The lowest BCUT2D eigenvalue weighted by Crippen LogP contribution is -2.39. The quantitative estimate of drug-likeness (QED) is 0.488. The predicted molar refractivity (Wildman–Crippen MR) is 150 cm³/mol. The van der Waals surface area contributed by atoms with Gasteiger partial charge >= 0.3 is 5.97 Å². The Morgan fingerprint density at radius 2 is 1.89 bits per heavy atom. The normalized spacial score (nSPS) is 16.9. The van der Waals surface area contributed by atoms with Gasteiger partial charge in [-0.05, 0) is 51.4 Å². The van der Waals surface area contributed by atoms with Crippen molar-refractivity contribution >= 4 is 34.5 Å². The van der Waals surface area contributed by atoms with Gasteiger partial charge in [-0.15, -0.1) is 0 Å². The van der Waals surface area contributed by atoms with Crippen molar-refractivity contribution in [2.75, 3.05) is 33.8 Å². The SMILES string of the molecule is CCOC(=O)C1=C(c2ccccc2)N=C2SC=C(CC(=O)NCCN(C)C)N2C1c1cc(C)ccc1C. The molecule has 2 aromatic rings. The summed E-state index contributed by atoms with van der Waals surface area (Å²) in [4.78, 5) is 35.5. The lowest BCUT2D eigenvalue weighted by atomic mass is 9.88. The van der Waals surface area contributed by atoms with E-state index in [-0.39, 0.29) is 18.9 Å². The van der Waals surface area contributed by atoms with Crippen molar-refractivity contribution in [3.63, 3.8) is 0 Å². The largest absolute Gasteiger partial charge is 0.463 e. The lowest BCUT2D eigenvalue weighted by Gasteiger charge is -2.37. The molecule has 0 saturated carbocycles. The molecule has 2 aromatic carbocycles. The van der Waals surface area contributed by atoms with Gasteiger partial charge in [0.25, 0.3) is 0 Å². The highest BCUT2D eigenvalue weighted by Gasteiger charge is 2.42. The van der Waals surface area contributed by atoms with E-state index in [0.29, 0.717) is 17.8 Å². The first-order chi connectivity index (χ1) is 17.8. The zero-order valence-corrected chi connectivity index (χ0v) is 22.9. The summed E-state index contributed by atoms with van der Waals surface area (Å²) in [6, 6.07) is 15.5. The summed E-state index contributed by atoms with van der Waals surface area (Å²) in [5, 5.41) is 5.72. The van der Waals surface area contributed by atoms with Crippen LogP contribution in [0.25, 0.3) is 5.70 Å². The van der Waals surface area contributed by atoms with Crippen molar-refractivity contribution in [3.05, 3.63) is 87.5 Å². The van der Waals surface area contributed by atoms with Crippen LogP contribution in [0.5, 0.6) is 0 Å². The first-order valence-corrected chi connectivity index (χ1v) is 13.4. The second-order valence-corrected chi connectivity index (χ2v) is 10.3. The molecule has 1 atom stereocenters. The minimum atomic E-state index is -0.475. The van der Waals surface area contributed by atoms with Gasteiger partial charge in [0.15, 0.2) is 5.17 Å². The third-order valence-corrected chi connectivity index (χ3v) is 7.19. The third-order valence-electron chi connectivity index (χ3n) is 6.30. The number of likely N-dealkylation sites (N-methyl/N-ethyl adjacent to an activating group) is 1. The number of hydrogen-bond donors (Lipinski definition) is 1. The smallest absolute Gasteiger partial charge is 0.338 e. The van der Waals surface area contributed by atoms with Crippen LogP contribution in [-0.2, 0) is 14.3 Å². The Morgan fingerprint density at radius 3 is 2.59 bits per heavy atom. The number of aryl methyl sites for hydroxylation is 2. The van der Waals surface area contributed by atoms with E-state index in [1.54, 1.807) is 6.92 Å². The number of hydrogen-bond acceptors (Lipinski definition) is 7. The van der Waals surface area contributed by atoms with Gasteiger partial charge in [0, 0.05) is 24.4 Å². The van der Waals surface area contributed by atoms with Crippen molar-refractivity contribution in [2.45, 2.75) is 33.2 Å². The predicted octanol–water partition coefficient (Wildman–Crippen LogP) is 4.65. The lowest BCUT2D eigenvalue weighted by molar-refractivity contribution is -0.139. The van der Waals surface area contributed by atoms with Crippen LogP contribution in [0.4, 0.5) is 0 Å². The number of fused-ring (bicyclic) bond motifs is 1. The first kappa shape index (κ1) is 26.7. The van der Waals surface area contributed by atoms with E-state index >= 15 is 0 Å². The van der Waals surface area contributed by atoms with E-state index in [9.17, 15) is 9.59 Å². The molecule has 7 nitrogen and oxygen atoms in total. The van der Waals surface area contributed by atoms with E-state index in [1.165, 1.54) is 11.8 Å². The molecule has 4 rings (SSSR count). The van der Waals surface area contributed by atoms with Crippen LogP contribution in [0.1, 0.15) is 41.6 Å². The Hall–Kier alpha value is -3.36. The standard InChI is InChI=1S/C29H34N4O3S/c1-6-36-28(35)25-26(21-10-8-7-9-11-21)31-29-33(27(25)23-16-19(2)12-13-20(23)3)22(18-37-29)17-24(34)30-14-15-32(4)5/h7-13,16,18,27H,6,14-15,17H2,1-5H3,(H,30,34). The highest BCUT2D eigenvalue weighted by Crippen LogP contribution is 2.47. The van der Waals surface area contributed by atoms with Crippen LogP contribution in [0.3, 0.4) is 0 Å². The summed E-state index contributed by atoms with van der Waals surface area (Å²) >= 11 is 1.48. The van der Waals surface area contributed by atoms with E-state index in [2.05, 4.69) is 23.5 Å². The summed E-state index contributed by atoms with van der Waals surface area (Å²) in [5.74, 6) is -0.466. The average Bonchev–Trinajstić information content (AvgIpc) is 3.27. The number of carbonyl (C=O) groups is 2. The molecule has 2 heterocycles. The van der Waals surface area contributed by atoms with Crippen LogP contribution in [-0.4, -0.2) is 60.6 Å². The number of thioether (sulfide) groups is 1. The number of esters is 1. The molecule has 8 heteroatoms. The highest BCUT2D eigenvalue weighted by molar-refractivity contribution is 8.16. The molecule has 0 saturated heterocycles. The summed E-state index contributed by atoms with van der Waals surface area (Å²) in [6.45, 7) is 7.48. The van der Waals surface area contributed by atoms with E-state index in [1.807, 2.05) is 73.5 Å². The minimum Gasteiger partial charge on any atom is -0.463 e. The van der Waals surface area contributed by atoms with Crippen molar-refractivity contribution in [1.29, 1.82) is 0 Å². The fraction of sp³-hybridized carbons (Fsp3) is 0.345. The van der Waals surface area contributed by atoms with Gasteiger partial charge in [-0.3, -0.25) is 4.79 Å². The summed E-state index contributed by atoms with van der Waals surface area (Å²) in [5.41, 5.74) is 5.88. The second kappa shape index (κ2) is 11.8. The van der Waals surface area contributed by atoms with Crippen molar-refractivity contribution in [2.24, 2.45) is 4.99 Å². The van der Waals surface area contributed by atoms with Crippen LogP contribution in [0.2, 0.25) is 0 Å². The molecule has 1 N–H and O–H groups in total. The number of benzene rings is 2. The maximum atomic E-state index is 13.6. The monoisotopic (exact) mass is 518 g/mol. The summed E-state index contributed by atoms with van der Waals surface area (Å²) in [7, 11) is 3.95. The number of carbonyl (C=O) groups excluding carboxylic acids is 2. The number of nitrogens with one attached hydrogen (secondary N) is 1. The minimum absolute atomic E-state index is 0.0646. The first-order valence-electron chi connectivity index (χ1n) is 12.5. The van der Waals surface area contributed by atoms with Gasteiger partial charge in [-0.2, -0.15) is 0 Å². The molecule has 0 bridgehead atoms. The molecule has 2 aliphatic heterocycles. The third kappa shape index (κ3) is 5.97. The molecule has 0 spiro atoms. The Balaban J connectivity index is 1.82. The van der Waals surface area contributed by atoms with Gasteiger partial charge in [0.2, 0.25) is 5.91 Å². The van der Waals surface area contributed by atoms with Gasteiger partial charge in [0.05, 0.1) is 30.3 Å². The number of nitrogens with zero attached hydrogens (tertiary/aromatic N) is 3. The molecule has 0 aromatic heterocycles. The Morgan fingerprint density at radius 1 is 1.14 bits per heavy atom. The number of amides is 1. The molecule has 2 aliphatic rings. The molecule has 0 aliphatic carbocycles. The molecular formula is C29H34N4O3S. The maximum Gasteiger partial charge on any atom is 0.338 e. The molecule has 0 fully saturated rings. The molecule has 1 amide bonds. The second-order valence-electron chi connectivity index (χ2n) is 9.43. The van der Waals surface area contributed by atoms with E-state index < -0.39 is 12.0 Å². The Kier molecular flexibility index (Phi) is 8.51. The van der Waals surface area contributed by atoms with Gasteiger partial charge in [-0.1, -0.05) is 65.9 Å². The van der Waals surface area contributed by atoms with Gasteiger partial charge < -0.3 is 19.9 Å².